The Balaban J connectivity index is 2.11. The van der Waals surface area contributed by atoms with Crippen LogP contribution in [0.15, 0.2) is 59.6 Å². The quantitative estimate of drug-likeness (QED) is 0.477. The summed E-state index contributed by atoms with van der Waals surface area (Å²) in [6.45, 7) is 1.73. The average molecular weight is 339 g/mol. The largest absolute Gasteiger partial charge is 0.508 e. The van der Waals surface area contributed by atoms with E-state index < -0.39 is 12.0 Å². The summed E-state index contributed by atoms with van der Waals surface area (Å²) in [5, 5.41) is 9.34. The lowest BCUT2D eigenvalue weighted by atomic mass is 10.0. The number of ether oxygens (including phenoxy) is 1. The number of hydrogen-bond acceptors (Lipinski definition) is 5. The van der Waals surface area contributed by atoms with Gasteiger partial charge in [0.05, 0.1) is 7.11 Å². The van der Waals surface area contributed by atoms with Crippen molar-refractivity contribution in [3.8, 4) is 5.75 Å². The molecule has 5 nitrogen and oxygen atoms in total. The normalized spacial score (nSPS) is 12.5. The van der Waals surface area contributed by atoms with E-state index in [1.807, 2.05) is 18.2 Å². The van der Waals surface area contributed by atoms with Crippen molar-refractivity contribution in [3.05, 3.63) is 65.7 Å². The van der Waals surface area contributed by atoms with Gasteiger partial charge in [-0.3, -0.25) is 9.79 Å². The Morgan fingerprint density at radius 3 is 2.32 bits per heavy atom. The first-order valence-corrected chi connectivity index (χ1v) is 7.97. The Bertz CT molecular complexity index is 751. The molecule has 130 valence electrons. The van der Waals surface area contributed by atoms with Gasteiger partial charge >= 0.3 is 5.97 Å². The second-order valence-corrected chi connectivity index (χ2v) is 5.74. The predicted octanol–water partition coefficient (Wildman–Crippen LogP) is 3.21. The van der Waals surface area contributed by atoms with E-state index in [9.17, 15) is 14.7 Å². The van der Waals surface area contributed by atoms with E-state index in [0.29, 0.717) is 17.7 Å². The van der Waals surface area contributed by atoms with E-state index in [1.54, 1.807) is 43.3 Å². The molecule has 2 aromatic carbocycles. The van der Waals surface area contributed by atoms with Crippen molar-refractivity contribution in [3.63, 3.8) is 0 Å². The number of esters is 1. The van der Waals surface area contributed by atoms with Gasteiger partial charge in [-0.15, -0.1) is 0 Å². The molecule has 25 heavy (non-hydrogen) atoms. The highest BCUT2D eigenvalue weighted by Crippen LogP contribution is 2.14. The molecule has 0 radical (unpaired) electrons. The molecule has 0 spiro atoms. The van der Waals surface area contributed by atoms with Crippen LogP contribution in [0.5, 0.6) is 5.75 Å². The molecular weight excluding hydrogens is 318 g/mol. The van der Waals surface area contributed by atoms with Crippen molar-refractivity contribution in [1.82, 2.24) is 0 Å². The molecule has 0 heterocycles. The number of rotatable bonds is 7. The van der Waals surface area contributed by atoms with Gasteiger partial charge in [-0.25, -0.2) is 4.79 Å². The average Bonchev–Trinajstić information content (AvgIpc) is 2.63. The molecule has 0 fully saturated rings. The number of ketones is 1. The number of methoxy groups -OCH3 is 1. The highest BCUT2D eigenvalue weighted by molar-refractivity contribution is 6.09. The second-order valence-electron chi connectivity index (χ2n) is 5.74. The molecule has 1 N–H and O–H groups in total. The maximum absolute atomic E-state index is 12.2. The number of phenolic OH excluding ortho intramolecular Hbond substituents is 1. The Kier molecular flexibility index (Phi) is 6.46. The Morgan fingerprint density at radius 1 is 1.08 bits per heavy atom. The molecule has 1 unspecified atom stereocenters. The molecule has 1 atom stereocenters. The van der Waals surface area contributed by atoms with Gasteiger partial charge < -0.3 is 9.84 Å². The number of phenols is 1. The SMILES string of the molecule is COC(=O)C(Cc1ccc(O)cc1)N=C(C)CC(=O)c1ccccc1. The fourth-order valence-electron chi connectivity index (χ4n) is 2.44. The number of benzene rings is 2. The van der Waals surface area contributed by atoms with Crippen LogP contribution in [-0.4, -0.2) is 35.7 Å². The molecule has 0 saturated carbocycles. The first kappa shape index (κ1) is 18.4. The summed E-state index contributed by atoms with van der Waals surface area (Å²) in [6.07, 6.45) is 0.483. The monoisotopic (exact) mass is 339 g/mol. The molecule has 2 aromatic rings. The van der Waals surface area contributed by atoms with Gasteiger partial charge in [0.25, 0.3) is 0 Å². The van der Waals surface area contributed by atoms with Gasteiger partial charge in [-0.2, -0.15) is 0 Å². The van der Waals surface area contributed by atoms with Crippen LogP contribution in [0.1, 0.15) is 29.3 Å². The van der Waals surface area contributed by atoms with Crippen molar-refractivity contribution < 1.29 is 19.4 Å². The van der Waals surface area contributed by atoms with Gasteiger partial charge in [0.2, 0.25) is 0 Å². The van der Waals surface area contributed by atoms with E-state index >= 15 is 0 Å². The van der Waals surface area contributed by atoms with Crippen LogP contribution in [0, 0.1) is 0 Å². The first-order chi connectivity index (χ1) is 12.0. The third-order valence-corrected chi connectivity index (χ3v) is 3.73. The molecule has 0 aliphatic heterocycles. The standard InChI is InChI=1S/C20H21NO4/c1-14(12-19(23)16-6-4-3-5-7-16)21-18(20(24)25-2)13-15-8-10-17(22)11-9-15/h3-11,18,22H,12-13H2,1-2H3. The van der Waals surface area contributed by atoms with Crippen molar-refractivity contribution >= 4 is 17.5 Å². The molecule has 0 aliphatic rings. The Labute approximate surface area is 147 Å². The molecule has 0 bridgehead atoms. The number of aliphatic imine (C=N–C) groups is 1. The van der Waals surface area contributed by atoms with Gasteiger partial charge in [-0.1, -0.05) is 42.5 Å². The zero-order valence-electron chi connectivity index (χ0n) is 14.3. The van der Waals surface area contributed by atoms with Crippen LogP contribution in [0.4, 0.5) is 0 Å². The summed E-state index contributed by atoms with van der Waals surface area (Å²) < 4.78 is 4.82. The van der Waals surface area contributed by atoms with Crippen molar-refractivity contribution in [2.24, 2.45) is 4.99 Å². The maximum Gasteiger partial charge on any atom is 0.330 e. The zero-order chi connectivity index (χ0) is 18.2. The molecule has 5 heteroatoms. The van der Waals surface area contributed by atoms with Crippen molar-refractivity contribution in [1.29, 1.82) is 0 Å². The smallest absolute Gasteiger partial charge is 0.330 e. The van der Waals surface area contributed by atoms with E-state index in [4.69, 9.17) is 4.74 Å². The van der Waals surface area contributed by atoms with E-state index in [1.165, 1.54) is 7.11 Å². The van der Waals surface area contributed by atoms with Gasteiger partial charge in [0.1, 0.15) is 5.75 Å². The first-order valence-electron chi connectivity index (χ1n) is 7.97. The maximum atomic E-state index is 12.2. The van der Waals surface area contributed by atoms with Crippen LogP contribution in [-0.2, 0) is 16.0 Å². The molecular formula is C20H21NO4. The molecule has 0 amide bonds. The Hall–Kier alpha value is -2.95. The lowest BCUT2D eigenvalue weighted by Crippen LogP contribution is -2.24. The summed E-state index contributed by atoms with van der Waals surface area (Å²) in [7, 11) is 1.31. The highest BCUT2D eigenvalue weighted by Gasteiger charge is 2.19. The van der Waals surface area contributed by atoms with Crippen LogP contribution in [0.25, 0.3) is 0 Å². The van der Waals surface area contributed by atoms with Gasteiger partial charge in [0, 0.05) is 24.1 Å². The lowest BCUT2D eigenvalue weighted by Gasteiger charge is -2.12. The fraction of sp³-hybridized carbons (Fsp3) is 0.250. The van der Waals surface area contributed by atoms with E-state index in [-0.39, 0.29) is 18.0 Å². The van der Waals surface area contributed by atoms with E-state index in [0.717, 1.165) is 5.56 Å². The zero-order valence-corrected chi connectivity index (χ0v) is 14.3. The molecule has 0 saturated heterocycles. The molecule has 2 rings (SSSR count). The third-order valence-electron chi connectivity index (χ3n) is 3.73. The van der Waals surface area contributed by atoms with Crippen molar-refractivity contribution in [2.75, 3.05) is 7.11 Å². The summed E-state index contributed by atoms with van der Waals surface area (Å²) in [6, 6.07) is 14.8. The number of Topliss-reactive ketones (excluding diaryl/α,β-unsaturated/α-hetero) is 1. The Morgan fingerprint density at radius 2 is 1.72 bits per heavy atom. The van der Waals surface area contributed by atoms with Crippen LogP contribution < -0.4 is 0 Å². The van der Waals surface area contributed by atoms with Crippen LogP contribution >= 0.6 is 0 Å². The third kappa shape index (κ3) is 5.57. The minimum absolute atomic E-state index is 0.0462. The lowest BCUT2D eigenvalue weighted by molar-refractivity contribution is -0.142. The topological polar surface area (TPSA) is 76.0 Å². The minimum atomic E-state index is -0.724. The number of aromatic hydroxyl groups is 1. The van der Waals surface area contributed by atoms with E-state index in [2.05, 4.69) is 4.99 Å². The number of carbonyl (C=O) groups excluding carboxylic acids is 2. The van der Waals surface area contributed by atoms with Gasteiger partial charge in [0.15, 0.2) is 11.8 Å². The van der Waals surface area contributed by atoms with Crippen LogP contribution in [0.2, 0.25) is 0 Å². The summed E-state index contributed by atoms with van der Waals surface area (Å²) in [5.74, 6) is -0.346. The predicted molar refractivity (Wildman–Crippen MR) is 96.1 cm³/mol. The number of nitrogens with zero attached hydrogens (tertiary/aromatic N) is 1. The molecule has 0 aliphatic carbocycles. The fourth-order valence-corrected chi connectivity index (χ4v) is 2.44. The van der Waals surface area contributed by atoms with Crippen molar-refractivity contribution in [2.45, 2.75) is 25.8 Å². The summed E-state index contributed by atoms with van der Waals surface area (Å²) >= 11 is 0. The van der Waals surface area contributed by atoms with Gasteiger partial charge in [-0.05, 0) is 24.6 Å². The van der Waals surface area contributed by atoms with Crippen LogP contribution in [0.3, 0.4) is 0 Å². The summed E-state index contributed by atoms with van der Waals surface area (Å²) in [4.78, 5) is 28.6. The summed E-state index contributed by atoms with van der Waals surface area (Å²) in [5.41, 5.74) is 2.03. The molecule has 0 aromatic heterocycles. The highest BCUT2D eigenvalue weighted by atomic mass is 16.5. The number of carbonyl (C=O) groups is 2. The number of hydrogen-bond donors (Lipinski definition) is 1. The minimum Gasteiger partial charge on any atom is -0.508 e. The second kappa shape index (κ2) is 8.78.